The van der Waals surface area contributed by atoms with Gasteiger partial charge in [0.1, 0.15) is 5.75 Å². The summed E-state index contributed by atoms with van der Waals surface area (Å²) in [5, 5.41) is 13.5. The highest BCUT2D eigenvalue weighted by Crippen LogP contribution is 2.42. The van der Waals surface area contributed by atoms with E-state index in [2.05, 4.69) is 32.0 Å². The van der Waals surface area contributed by atoms with Crippen LogP contribution in [0, 0.1) is 0 Å². The van der Waals surface area contributed by atoms with Gasteiger partial charge in [-0.05, 0) is 63.3 Å². The van der Waals surface area contributed by atoms with Crippen LogP contribution in [0.2, 0.25) is 0 Å². The van der Waals surface area contributed by atoms with Gasteiger partial charge in [-0.1, -0.05) is 67.6 Å². The molecule has 3 aromatic rings. The molecule has 3 aromatic carbocycles. The van der Waals surface area contributed by atoms with E-state index in [1.807, 2.05) is 62.4 Å². The van der Waals surface area contributed by atoms with Gasteiger partial charge in [0, 0.05) is 24.8 Å². The molecule has 3 fully saturated rings. The molecular formula is C38H50O8. The van der Waals surface area contributed by atoms with E-state index >= 15 is 0 Å². The van der Waals surface area contributed by atoms with E-state index in [0.717, 1.165) is 46.9 Å². The van der Waals surface area contributed by atoms with Gasteiger partial charge in [0.05, 0.1) is 55.4 Å². The van der Waals surface area contributed by atoms with Gasteiger partial charge < -0.3 is 38.3 Å². The molecule has 3 aliphatic heterocycles. The Morgan fingerprint density at radius 3 is 2.22 bits per heavy atom. The number of benzene rings is 3. The molecule has 0 bridgehead atoms. The second-order valence-electron chi connectivity index (χ2n) is 13.6. The van der Waals surface area contributed by atoms with Crippen molar-refractivity contribution in [3.63, 3.8) is 0 Å². The van der Waals surface area contributed by atoms with Crippen molar-refractivity contribution in [2.24, 2.45) is 0 Å². The Balaban J connectivity index is 1.09. The van der Waals surface area contributed by atoms with Crippen molar-refractivity contribution in [3.8, 4) is 5.75 Å². The minimum Gasteiger partial charge on any atom is -0.496 e. The van der Waals surface area contributed by atoms with Crippen molar-refractivity contribution in [2.75, 3.05) is 7.11 Å². The molecule has 0 amide bonds. The van der Waals surface area contributed by atoms with Crippen molar-refractivity contribution in [1.29, 1.82) is 0 Å². The van der Waals surface area contributed by atoms with Gasteiger partial charge in [0.15, 0.2) is 18.4 Å². The largest absolute Gasteiger partial charge is 0.496 e. The number of hydrogen-bond acceptors (Lipinski definition) is 8. The average Bonchev–Trinajstić information content (AvgIpc) is 3.03. The summed E-state index contributed by atoms with van der Waals surface area (Å²) in [6.45, 7) is 8.13. The normalized spacial score (nSPS) is 32.2. The minimum atomic E-state index is -0.775. The number of hydrogen-bond donors (Lipinski definition) is 1. The van der Waals surface area contributed by atoms with Crippen molar-refractivity contribution in [1.82, 2.24) is 0 Å². The van der Waals surface area contributed by atoms with E-state index in [9.17, 15) is 5.11 Å². The van der Waals surface area contributed by atoms with Crippen LogP contribution in [0.3, 0.4) is 0 Å². The summed E-state index contributed by atoms with van der Waals surface area (Å²) >= 11 is 0. The number of rotatable bonds is 10. The number of aliphatic hydroxyl groups is 1. The lowest BCUT2D eigenvalue weighted by molar-refractivity contribution is -0.313. The Bertz CT molecular complexity index is 1410. The first-order chi connectivity index (χ1) is 22.2. The molecule has 6 rings (SSSR count). The molecule has 8 heteroatoms. The van der Waals surface area contributed by atoms with Gasteiger partial charge in [-0.2, -0.15) is 0 Å². The molecule has 3 aliphatic rings. The molecular weight excluding hydrogens is 584 g/mol. The Labute approximate surface area is 273 Å². The van der Waals surface area contributed by atoms with Crippen LogP contribution in [0.4, 0.5) is 0 Å². The van der Waals surface area contributed by atoms with E-state index in [1.165, 1.54) is 0 Å². The monoisotopic (exact) mass is 634 g/mol. The number of fused-ring (bicyclic) bond motifs is 1. The van der Waals surface area contributed by atoms with Crippen LogP contribution in [-0.4, -0.2) is 60.7 Å². The van der Waals surface area contributed by atoms with E-state index in [1.54, 1.807) is 7.11 Å². The fourth-order valence-corrected chi connectivity index (χ4v) is 7.36. The van der Waals surface area contributed by atoms with Gasteiger partial charge in [-0.15, -0.1) is 0 Å². The van der Waals surface area contributed by atoms with Crippen LogP contribution in [-0.2, 0) is 28.4 Å². The highest BCUT2D eigenvalue weighted by molar-refractivity contribution is 5.88. The van der Waals surface area contributed by atoms with Gasteiger partial charge in [0.2, 0.25) is 0 Å². The number of aliphatic hydroxyl groups excluding tert-OH is 1. The molecule has 0 saturated carbocycles. The zero-order valence-corrected chi connectivity index (χ0v) is 27.8. The van der Waals surface area contributed by atoms with Crippen molar-refractivity contribution in [2.45, 2.75) is 134 Å². The van der Waals surface area contributed by atoms with Crippen LogP contribution in [0.1, 0.15) is 96.3 Å². The Morgan fingerprint density at radius 1 is 0.761 bits per heavy atom. The topological polar surface area (TPSA) is 84.8 Å². The zero-order valence-electron chi connectivity index (χ0n) is 27.8. The molecule has 0 spiro atoms. The standard InChI is InChI=1S/C38H50O8/c1-6-28-21-30(43-36(42-28)26-13-8-7-9-14-26)19-27(39)20-31-23-32(46-38(3,4)45-31)22-29-18-24(2)41-37(44-29)35-33-15-11-10-12-25(33)16-17-34(35)40-5/h7-17,24,27-32,36-37,39H,6,18-23H2,1-5H3. The molecule has 9 atom stereocenters. The van der Waals surface area contributed by atoms with E-state index in [0.29, 0.717) is 25.7 Å². The lowest BCUT2D eigenvalue weighted by atomic mass is 9.94. The Kier molecular flexibility index (Phi) is 10.6. The van der Waals surface area contributed by atoms with E-state index in [4.69, 9.17) is 33.2 Å². The molecule has 8 nitrogen and oxygen atoms in total. The first-order valence-electron chi connectivity index (χ1n) is 17.0. The first-order valence-corrected chi connectivity index (χ1v) is 17.0. The van der Waals surface area contributed by atoms with Crippen molar-refractivity contribution >= 4 is 10.8 Å². The molecule has 250 valence electrons. The summed E-state index contributed by atoms with van der Waals surface area (Å²) in [6.07, 6.45) is 3.02. The lowest BCUT2D eigenvalue weighted by Crippen LogP contribution is -2.47. The Morgan fingerprint density at radius 2 is 1.43 bits per heavy atom. The van der Waals surface area contributed by atoms with E-state index < -0.39 is 24.5 Å². The zero-order chi connectivity index (χ0) is 32.3. The van der Waals surface area contributed by atoms with Crippen LogP contribution >= 0.6 is 0 Å². The summed E-state index contributed by atoms with van der Waals surface area (Å²) in [7, 11) is 1.68. The van der Waals surface area contributed by atoms with Gasteiger partial charge in [-0.25, -0.2) is 0 Å². The molecule has 3 saturated heterocycles. The van der Waals surface area contributed by atoms with Crippen LogP contribution in [0.15, 0.2) is 66.7 Å². The van der Waals surface area contributed by atoms with Crippen LogP contribution in [0.25, 0.3) is 10.8 Å². The number of ether oxygens (including phenoxy) is 7. The smallest absolute Gasteiger partial charge is 0.188 e. The summed E-state index contributed by atoms with van der Waals surface area (Å²) in [5.74, 6) is -0.0219. The van der Waals surface area contributed by atoms with Crippen LogP contribution in [0.5, 0.6) is 5.75 Å². The third kappa shape index (κ3) is 8.11. The third-order valence-corrected chi connectivity index (χ3v) is 9.36. The lowest BCUT2D eigenvalue weighted by Gasteiger charge is -2.44. The fourth-order valence-electron chi connectivity index (χ4n) is 7.36. The number of methoxy groups -OCH3 is 1. The molecule has 0 aliphatic carbocycles. The molecule has 0 aromatic heterocycles. The maximum absolute atomic E-state index is 11.3. The van der Waals surface area contributed by atoms with Gasteiger partial charge in [-0.3, -0.25) is 0 Å². The van der Waals surface area contributed by atoms with Gasteiger partial charge in [0.25, 0.3) is 0 Å². The highest BCUT2D eigenvalue weighted by atomic mass is 16.7. The highest BCUT2D eigenvalue weighted by Gasteiger charge is 2.40. The predicted octanol–water partition coefficient (Wildman–Crippen LogP) is 7.77. The summed E-state index contributed by atoms with van der Waals surface area (Å²) in [5.41, 5.74) is 1.92. The molecule has 1 N–H and O–H groups in total. The average molecular weight is 635 g/mol. The Hall–Kier alpha value is -2.56. The van der Waals surface area contributed by atoms with Gasteiger partial charge >= 0.3 is 0 Å². The third-order valence-electron chi connectivity index (χ3n) is 9.36. The SMILES string of the molecule is CCC1CC(CC(O)CC2CC(CC3CC(C)OC(c4c(OC)ccc5ccccc45)O3)OC(C)(C)O2)OC(c2ccccc2)O1. The summed E-state index contributed by atoms with van der Waals surface area (Å²) < 4.78 is 44.1. The summed E-state index contributed by atoms with van der Waals surface area (Å²) in [4.78, 5) is 0. The quantitative estimate of drug-likeness (QED) is 0.242. The van der Waals surface area contributed by atoms with Crippen molar-refractivity contribution in [3.05, 3.63) is 77.9 Å². The minimum absolute atomic E-state index is 0.00373. The summed E-state index contributed by atoms with van der Waals surface area (Å²) in [6, 6.07) is 22.3. The second kappa shape index (κ2) is 14.7. The van der Waals surface area contributed by atoms with Crippen LogP contribution < -0.4 is 4.74 Å². The maximum atomic E-state index is 11.3. The van der Waals surface area contributed by atoms with Crippen molar-refractivity contribution < 1.29 is 38.3 Å². The molecule has 9 unspecified atom stereocenters. The molecule has 3 heterocycles. The maximum Gasteiger partial charge on any atom is 0.188 e. The van der Waals surface area contributed by atoms with E-state index in [-0.39, 0.29) is 36.6 Å². The first kappa shape index (κ1) is 33.3. The molecule has 46 heavy (non-hydrogen) atoms. The fraction of sp³-hybridized carbons (Fsp3) is 0.579. The predicted molar refractivity (Wildman–Crippen MR) is 175 cm³/mol. The molecule has 0 radical (unpaired) electrons. The second-order valence-corrected chi connectivity index (χ2v) is 13.6.